The molecule has 2 aromatic rings. The molecule has 1 aromatic carbocycles. The van der Waals surface area contributed by atoms with Gasteiger partial charge in [0.15, 0.2) is 0 Å². The second kappa shape index (κ2) is 8.83. The van der Waals surface area contributed by atoms with Crippen molar-refractivity contribution in [3.63, 3.8) is 0 Å². The summed E-state index contributed by atoms with van der Waals surface area (Å²) in [5, 5.41) is 0. The molecule has 2 aliphatic rings. The molecule has 29 heavy (non-hydrogen) atoms. The summed E-state index contributed by atoms with van der Waals surface area (Å²) in [6, 6.07) is 9.88. The van der Waals surface area contributed by atoms with E-state index >= 15 is 0 Å². The molecule has 4 rings (SSSR count). The van der Waals surface area contributed by atoms with Crippen LogP contribution in [-0.2, 0) is 0 Å². The topological polar surface area (TPSA) is 55.8 Å². The van der Waals surface area contributed by atoms with Crippen LogP contribution in [0.4, 0.5) is 11.6 Å². The van der Waals surface area contributed by atoms with Crippen LogP contribution in [0.1, 0.15) is 16.2 Å². The van der Waals surface area contributed by atoms with Crippen LogP contribution in [0.3, 0.4) is 0 Å². The maximum absolute atomic E-state index is 12.8. The van der Waals surface area contributed by atoms with Crippen molar-refractivity contribution in [2.75, 3.05) is 69.2 Å². The van der Waals surface area contributed by atoms with E-state index in [-0.39, 0.29) is 5.91 Å². The Labute approximate surface area is 185 Å². The van der Waals surface area contributed by atoms with Crippen LogP contribution in [0.25, 0.3) is 0 Å². The van der Waals surface area contributed by atoms with Gasteiger partial charge in [0.05, 0.1) is 0 Å². The van der Waals surface area contributed by atoms with Crippen molar-refractivity contribution < 1.29 is 4.79 Å². The Morgan fingerprint density at radius 2 is 1.38 bits per heavy atom. The number of rotatable bonds is 3. The molecule has 0 spiro atoms. The van der Waals surface area contributed by atoms with Gasteiger partial charge < -0.3 is 19.6 Å². The first-order chi connectivity index (χ1) is 14.0. The fourth-order valence-electron chi connectivity index (χ4n) is 3.81. The van der Waals surface area contributed by atoms with E-state index in [1.54, 1.807) is 0 Å². The Morgan fingerprint density at radius 1 is 0.862 bits per heavy atom. The van der Waals surface area contributed by atoms with Gasteiger partial charge in [0, 0.05) is 67.6 Å². The number of hydrogen-bond acceptors (Lipinski definition) is 6. The molecule has 0 unspecified atom stereocenters. The number of likely N-dealkylation sites (N-methyl/N-ethyl adjacent to an activating group) is 1. The quantitative estimate of drug-likeness (QED) is 0.595. The predicted molar refractivity (Wildman–Crippen MR) is 124 cm³/mol. The molecule has 0 bridgehead atoms. The van der Waals surface area contributed by atoms with Crippen molar-refractivity contribution in [3.8, 4) is 0 Å². The zero-order chi connectivity index (χ0) is 20.4. The fourth-order valence-corrected chi connectivity index (χ4v) is 4.17. The van der Waals surface area contributed by atoms with Crippen LogP contribution in [0.15, 0.2) is 30.3 Å². The lowest BCUT2D eigenvalue weighted by atomic mass is 10.2. The molecule has 0 aliphatic carbocycles. The number of nitrogens with zero attached hydrogens (tertiary/aromatic N) is 6. The summed E-state index contributed by atoms with van der Waals surface area (Å²) >= 11 is 2.26. The van der Waals surface area contributed by atoms with E-state index in [2.05, 4.69) is 60.4 Å². The smallest absolute Gasteiger partial charge is 0.253 e. The lowest BCUT2D eigenvalue weighted by Crippen LogP contribution is -2.49. The van der Waals surface area contributed by atoms with E-state index in [0.717, 1.165) is 65.9 Å². The van der Waals surface area contributed by atoms with E-state index in [9.17, 15) is 4.79 Å². The molecule has 0 N–H and O–H groups in total. The van der Waals surface area contributed by atoms with Crippen molar-refractivity contribution in [2.24, 2.45) is 0 Å². The second-order valence-corrected chi connectivity index (χ2v) is 8.95. The highest BCUT2D eigenvalue weighted by molar-refractivity contribution is 14.1. The molecule has 3 heterocycles. The molecule has 2 fully saturated rings. The number of anilines is 2. The molecule has 154 valence electrons. The third-order valence-corrected chi connectivity index (χ3v) is 6.34. The molecule has 1 amide bonds. The molecular weight excluding hydrogens is 479 g/mol. The molecular formula is C21H27IN6O. The van der Waals surface area contributed by atoms with Crippen LogP contribution in [0.2, 0.25) is 0 Å². The monoisotopic (exact) mass is 506 g/mol. The third kappa shape index (κ3) is 4.80. The second-order valence-electron chi connectivity index (χ2n) is 7.71. The summed E-state index contributed by atoms with van der Waals surface area (Å²) in [6.45, 7) is 9.03. The summed E-state index contributed by atoms with van der Waals surface area (Å²) in [5.41, 5.74) is 0.758. The highest BCUT2D eigenvalue weighted by Crippen LogP contribution is 2.22. The maximum Gasteiger partial charge on any atom is 0.253 e. The Kier molecular flexibility index (Phi) is 6.19. The first-order valence-corrected chi connectivity index (χ1v) is 11.2. The maximum atomic E-state index is 12.8. The van der Waals surface area contributed by atoms with E-state index in [0.29, 0.717) is 13.1 Å². The number of halogens is 1. The van der Waals surface area contributed by atoms with Gasteiger partial charge >= 0.3 is 0 Å². The number of aryl methyl sites for hydroxylation is 1. The average Bonchev–Trinajstić information content (AvgIpc) is 2.74. The predicted octanol–water partition coefficient (Wildman–Crippen LogP) is 2.10. The molecule has 2 saturated heterocycles. The molecule has 0 radical (unpaired) electrons. The fraction of sp³-hybridized carbons (Fsp3) is 0.476. The number of carbonyl (C=O) groups is 1. The highest BCUT2D eigenvalue weighted by Gasteiger charge is 2.24. The first kappa shape index (κ1) is 20.3. The lowest BCUT2D eigenvalue weighted by Gasteiger charge is -2.37. The molecule has 0 saturated carbocycles. The lowest BCUT2D eigenvalue weighted by molar-refractivity contribution is 0.0746. The van der Waals surface area contributed by atoms with Crippen molar-refractivity contribution in [3.05, 3.63) is 45.3 Å². The Bertz CT molecular complexity index is 858. The summed E-state index contributed by atoms with van der Waals surface area (Å²) in [6.07, 6.45) is 0. The van der Waals surface area contributed by atoms with E-state index in [1.807, 2.05) is 36.1 Å². The standard InChI is InChI=1S/C21H27IN6O/c1-16-23-19(26-9-7-25(2)8-10-26)15-20(24-16)27-11-13-28(14-12-27)21(29)17-3-5-18(22)6-4-17/h3-6,15H,7-14H2,1-2H3. The minimum absolute atomic E-state index is 0.109. The highest BCUT2D eigenvalue weighted by atomic mass is 127. The van der Waals surface area contributed by atoms with Crippen LogP contribution >= 0.6 is 22.6 Å². The number of amides is 1. The van der Waals surface area contributed by atoms with Crippen LogP contribution < -0.4 is 9.80 Å². The number of aromatic nitrogens is 2. The summed E-state index contributed by atoms with van der Waals surface area (Å²) < 4.78 is 1.14. The van der Waals surface area contributed by atoms with Crippen LogP contribution in [-0.4, -0.2) is 85.1 Å². The molecule has 2 aliphatic heterocycles. The molecule has 8 heteroatoms. The Balaban J connectivity index is 1.41. The largest absolute Gasteiger partial charge is 0.354 e. The summed E-state index contributed by atoms with van der Waals surface area (Å²) in [4.78, 5) is 31.0. The number of carbonyl (C=O) groups excluding carboxylic acids is 1. The van der Waals surface area contributed by atoms with Gasteiger partial charge in [0.1, 0.15) is 17.5 Å². The summed E-state index contributed by atoms with van der Waals surface area (Å²) in [7, 11) is 2.16. The van der Waals surface area contributed by atoms with Crippen molar-refractivity contribution in [2.45, 2.75) is 6.92 Å². The van der Waals surface area contributed by atoms with Gasteiger partial charge in [-0.3, -0.25) is 4.79 Å². The average molecular weight is 506 g/mol. The van der Waals surface area contributed by atoms with Crippen molar-refractivity contribution in [1.82, 2.24) is 19.8 Å². The van der Waals surface area contributed by atoms with Gasteiger partial charge in [-0.1, -0.05) is 0 Å². The molecule has 7 nitrogen and oxygen atoms in total. The van der Waals surface area contributed by atoms with Crippen molar-refractivity contribution >= 4 is 40.1 Å². The SMILES string of the molecule is Cc1nc(N2CCN(C)CC2)cc(N2CCN(C(=O)c3ccc(I)cc3)CC2)n1. The zero-order valence-electron chi connectivity index (χ0n) is 17.0. The number of hydrogen-bond donors (Lipinski definition) is 0. The van der Waals surface area contributed by atoms with Gasteiger partial charge in [-0.15, -0.1) is 0 Å². The van der Waals surface area contributed by atoms with Crippen LogP contribution in [0, 0.1) is 10.5 Å². The normalized spacial score (nSPS) is 18.2. The van der Waals surface area contributed by atoms with E-state index in [1.165, 1.54) is 0 Å². The molecule has 1 aromatic heterocycles. The Hall–Kier alpha value is -1.94. The minimum Gasteiger partial charge on any atom is -0.354 e. The number of piperazine rings is 2. The van der Waals surface area contributed by atoms with Gasteiger partial charge in [-0.2, -0.15) is 0 Å². The van der Waals surface area contributed by atoms with Gasteiger partial charge in [0.2, 0.25) is 0 Å². The molecule has 0 atom stereocenters. The van der Waals surface area contributed by atoms with Crippen molar-refractivity contribution in [1.29, 1.82) is 0 Å². The third-order valence-electron chi connectivity index (χ3n) is 5.62. The van der Waals surface area contributed by atoms with Gasteiger partial charge in [-0.05, 0) is 60.8 Å². The minimum atomic E-state index is 0.109. The summed E-state index contributed by atoms with van der Waals surface area (Å²) in [5.74, 6) is 2.89. The first-order valence-electron chi connectivity index (χ1n) is 10.1. The van der Waals surface area contributed by atoms with E-state index in [4.69, 9.17) is 0 Å². The Morgan fingerprint density at radius 3 is 1.93 bits per heavy atom. The van der Waals surface area contributed by atoms with E-state index < -0.39 is 0 Å². The zero-order valence-corrected chi connectivity index (χ0v) is 19.2. The van der Waals surface area contributed by atoms with Crippen LogP contribution in [0.5, 0.6) is 0 Å². The number of benzene rings is 1. The van der Waals surface area contributed by atoms with Gasteiger partial charge in [0.25, 0.3) is 5.91 Å². The van der Waals surface area contributed by atoms with Gasteiger partial charge in [-0.25, -0.2) is 9.97 Å².